The van der Waals surface area contributed by atoms with Gasteiger partial charge in [-0.05, 0) is 19.9 Å². The highest BCUT2D eigenvalue weighted by molar-refractivity contribution is 7.07. The fourth-order valence-electron chi connectivity index (χ4n) is 2.39. The van der Waals surface area contributed by atoms with Gasteiger partial charge in [0.25, 0.3) is 0 Å². The summed E-state index contributed by atoms with van der Waals surface area (Å²) in [5.41, 5.74) is 5.45. The van der Waals surface area contributed by atoms with Crippen molar-refractivity contribution in [3.63, 3.8) is 0 Å². The van der Waals surface area contributed by atoms with E-state index in [-0.39, 0.29) is 0 Å². The van der Waals surface area contributed by atoms with Crippen LogP contribution in [0.4, 0.5) is 0 Å². The van der Waals surface area contributed by atoms with Crippen LogP contribution in [0.15, 0.2) is 17.0 Å². The second kappa shape index (κ2) is 4.23. The fourth-order valence-corrected chi connectivity index (χ4v) is 2.94. The van der Waals surface area contributed by atoms with Gasteiger partial charge < -0.3 is 0 Å². The molecule has 5 heteroatoms. The van der Waals surface area contributed by atoms with Crippen molar-refractivity contribution in [2.45, 2.75) is 26.4 Å². The third-order valence-electron chi connectivity index (χ3n) is 3.20. The number of aryl methyl sites for hydroxylation is 2. The number of hydrogen-bond donors (Lipinski definition) is 0. The molecule has 3 heterocycles. The number of nitrogens with zero attached hydrogens (tertiary/aromatic N) is 4. The van der Waals surface area contributed by atoms with Gasteiger partial charge in [-0.2, -0.15) is 5.10 Å². The summed E-state index contributed by atoms with van der Waals surface area (Å²) in [6, 6.07) is 2.69. The lowest BCUT2D eigenvalue weighted by Crippen LogP contribution is -2.47. The van der Waals surface area contributed by atoms with Crippen molar-refractivity contribution in [3.8, 4) is 0 Å². The quantitative estimate of drug-likeness (QED) is 0.833. The number of aromatic nitrogens is 3. The van der Waals surface area contributed by atoms with Crippen LogP contribution in [-0.2, 0) is 6.54 Å². The first-order valence-electron chi connectivity index (χ1n) is 5.84. The Morgan fingerprint density at radius 2 is 2.24 bits per heavy atom. The molecule has 0 aliphatic carbocycles. The number of rotatable bonds is 3. The summed E-state index contributed by atoms with van der Waals surface area (Å²) in [7, 11) is 0. The molecule has 1 fully saturated rings. The Labute approximate surface area is 105 Å². The van der Waals surface area contributed by atoms with E-state index in [0.29, 0.717) is 6.04 Å². The summed E-state index contributed by atoms with van der Waals surface area (Å²) in [6.07, 6.45) is 0. The minimum atomic E-state index is 0.544. The molecule has 1 aliphatic heterocycles. The van der Waals surface area contributed by atoms with Crippen LogP contribution in [0.5, 0.6) is 0 Å². The van der Waals surface area contributed by atoms with Gasteiger partial charge in [0.1, 0.15) is 0 Å². The average molecular weight is 248 g/mol. The highest BCUT2D eigenvalue weighted by Gasteiger charge is 2.29. The number of likely N-dealkylation sites (tertiary alicyclic amines) is 1. The maximum absolute atomic E-state index is 4.54. The molecule has 0 unspecified atom stereocenters. The highest BCUT2D eigenvalue weighted by atomic mass is 32.1. The zero-order chi connectivity index (χ0) is 11.8. The molecule has 0 N–H and O–H groups in total. The molecule has 0 saturated carbocycles. The summed E-state index contributed by atoms with van der Waals surface area (Å²) >= 11 is 1.66. The summed E-state index contributed by atoms with van der Waals surface area (Å²) in [4.78, 5) is 6.72. The van der Waals surface area contributed by atoms with E-state index < -0.39 is 0 Å². The number of hydrogen-bond acceptors (Lipinski definition) is 4. The second-order valence-electron chi connectivity index (χ2n) is 4.70. The van der Waals surface area contributed by atoms with Gasteiger partial charge in [-0.15, -0.1) is 11.3 Å². The highest BCUT2D eigenvalue weighted by Crippen LogP contribution is 2.24. The average Bonchev–Trinajstić information content (AvgIpc) is 2.81. The third-order valence-corrected chi connectivity index (χ3v) is 3.83. The van der Waals surface area contributed by atoms with Crippen molar-refractivity contribution in [2.24, 2.45) is 0 Å². The molecule has 0 spiro atoms. The summed E-state index contributed by atoms with van der Waals surface area (Å²) < 4.78 is 2.16. The van der Waals surface area contributed by atoms with Crippen LogP contribution in [0.2, 0.25) is 0 Å². The van der Waals surface area contributed by atoms with E-state index in [1.54, 1.807) is 11.3 Å². The van der Waals surface area contributed by atoms with Gasteiger partial charge in [0, 0.05) is 30.7 Å². The van der Waals surface area contributed by atoms with Crippen LogP contribution in [0.3, 0.4) is 0 Å². The molecule has 90 valence electrons. The van der Waals surface area contributed by atoms with Crippen LogP contribution in [0.25, 0.3) is 0 Å². The van der Waals surface area contributed by atoms with Crippen molar-refractivity contribution in [1.29, 1.82) is 0 Å². The van der Waals surface area contributed by atoms with Crippen molar-refractivity contribution in [3.05, 3.63) is 34.0 Å². The summed E-state index contributed by atoms with van der Waals surface area (Å²) in [5, 5.41) is 6.66. The largest absolute Gasteiger partial charge is 0.293 e. The van der Waals surface area contributed by atoms with Crippen molar-refractivity contribution in [2.75, 3.05) is 13.1 Å². The minimum absolute atomic E-state index is 0.544. The predicted octanol–water partition coefficient (Wildman–Crippen LogP) is 2.01. The second-order valence-corrected chi connectivity index (χ2v) is 5.42. The van der Waals surface area contributed by atoms with E-state index in [9.17, 15) is 0 Å². The lowest BCUT2D eigenvalue weighted by Gasteiger charge is -2.39. The molecule has 0 atom stereocenters. The van der Waals surface area contributed by atoms with E-state index in [4.69, 9.17) is 0 Å². The van der Waals surface area contributed by atoms with Gasteiger partial charge in [-0.25, -0.2) is 4.98 Å². The Morgan fingerprint density at radius 3 is 2.82 bits per heavy atom. The van der Waals surface area contributed by atoms with Crippen LogP contribution in [-0.4, -0.2) is 32.8 Å². The molecule has 3 rings (SSSR count). The van der Waals surface area contributed by atoms with Crippen molar-refractivity contribution >= 4 is 11.3 Å². The molecule has 2 aromatic rings. The molecule has 4 nitrogen and oxygen atoms in total. The Bertz CT molecular complexity index is 497. The predicted molar refractivity (Wildman–Crippen MR) is 68.1 cm³/mol. The molecule has 2 aromatic heterocycles. The van der Waals surface area contributed by atoms with Crippen LogP contribution in [0.1, 0.15) is 23.1 Å². The molecule has 1 saturated heterocycles. The Balaban J connectivity index is 1.59. The standard InChI is InChI=1S/C12H16N4S/c1-9-3-10(2)16(14-9)12-5-15(6-12)4-11-7-17-8-13-11/h3,7-8,12H,4-6H2,1-2H3. The van der Waals surface area contributed by atoms with E-state index in [1.165, 1.54) is 11.4 Å². The first kappa shape index (κ1) is 10.9. The lowest BCUT2D eigenvalue weighted by atomic mass is 10.1. The molecule has 0 amide bonds. The smallest absolute Gasteiger partial charge is 0.0795 e. The first-order chi connectivity index (χ1) is 8.22. The maximum Gasteiger partial charge on any atom is 0.0795 e. The summed E-state index contributed by atoms with van der Waals surface area (Å²) in [5.74, 6) is 0. The van der Waals surface area contributed by atoms with Gasteiger partial charge >= 0.3 is 0 Å². The number of thiazole rings is 1. The first-order valence-corrected chi connectivity index (χ1v) is 6.79. The molecular formula is C12H16N4S. The Hall–Kier alpha value is -1.20. The zero-order valence-electron chi connectivity index (χ0n) is 10.1. The molecular weight excluding hydrogens is 232 g/mol. The van der Waals surface area contributed by atoms with Gasteiger partial charge in [-0.1, -0.05) is 0 Å². The monoisotopic (exact) mass is 248 g/mol. The van der Waals surface area contributed by atoms with Gasteiger partial charge in [0.2, 0.25) is 0 Å². The van der Waals surface area contributed by atoms with Crippen LogP contribution >= 0.6 is 11.3 Å². The summed E-state index contributed by atoms with van der Waals surface area (Å²) in [6.45, 7) is 7.32. The van der Waals surface area contributed by atoms with Gasteiger partial charge in [-0.3, -0.25) is 9.58 Å². The normalized spacial score (nSPS) is 17.3. The topological polar surface area (TPSA) is 34.0 Å². The fraction of sp³-hybridized carbons (Fsp3) is 0.500. The Morgan fingerprint density at radius 1 is 1.41 bits per heavy atom. The molecule has 0 bridgehead atoms. The lowest BCUT2D eigenvalue weighted by molar-refractivity contribution is 0.0882. The van der Waals surface area contributed by atoms with E-state index in [0.717, 1.165) is 25.3 Å². The molecule has 0 radical (unpaired) electrons. The van der Waals surface area contributed by atoms with Gasteiger partial charge in [0.15, 0.2) is 0 Å². The minimum Gasteiger partial charge on any atom is -0.293 e. The van der Waals surface area contributed by atoms with E-state index in [2.05, 4.69) is 45.0 Å². The van der Waals surface area contributed by atoms with Crippen LogP contribution in [0, 0.1) is 13.8 Å². The Kier molecular flexibility index (Phi) is 2.72. The maximum atomic E-state index is 4.54. The SMILES string of the molecule is Cc1cc(C)n(C2CN(Cc3cscn3)C2)n1. The molecule has 0 aromatic carbocycles. The van der Waals surface area contributed by atoms with E-state index in [1.807, 2.05) is 5.51 Å². The zero-order valence-corrected chi connectivity index (χ0v) is 10.9. The van der Waals surface area contributed by atoms with Crippen molar-refractivity contribution in [1.82, 2.24) is 19.7 Å². The van der Waals surface area contributed by atoms with Crippen LogP contribution < -0.4 is 0 Å². The molecule has 17 heavy (non-hydrogen) atoms. The van der Waals surface area contributed by atoms with Gasteiger partial charge in [0.05, 0.1) is 22.9 Å². The molecule has 1 aliphatic rings. The van der Waals surface area contributed by atoms with E-state index >= 15 is 0 Å². The van der Waals surface area contributed by atoms with Crippen molar-refractivity contribution < 1.29 is 0 Å². The third kappa shape index (κ3) is 2.12.